The fraction of sp³-hybridized carbons (Fsp3) is 0.471. The van der Waals surface area contributed by atoms with E-state index < -0.39 is 0 Å². The summed E-state index contributed by atoms with van der Waals surface area (Å²) in [6.45, 7) is 4.30. The van der Waals surface area contributed by atoms with Crippen LogP contribution >= 0.6 is 0 Å². The molecule has 0 spiro atoms. The lowest BCUT2D eigenvalue weighted by molar-refractivity contribution is -0.105. The predicted octanol–water partition coefficient (Wildman–Crippen LogP) is 3.76. The van der Waals surface area contributed by atoms with Crippen LogP contribution in [0, 0.1) is 11.3 Å². The average Bonchev–Trinajstić information content (AvgIpc) is 2.82. The number of benzene rings is 1. The minimum Gasteiger partial charge on any atom is -0.346 e. The Morgan fingerprint density at radius 2 is 2.15 bits per heavy atom. The summed E-state index contributed by atoms with van der Waals surface area (Å²) in [5, 5.41) is 9.41. The van der Waals surface area contributed by atoms with Crippen LogP contribution in [0.2, 0.25) is 0 Å². The Morgan fingerprint density at radius 1 is 1.40 bits per heavy atom. The summed E-state index contributed by atoms with van der Waals surface area (Å²) in [5.74, 6) is 0. The van der Waals surface area contributed by atoms with E-state index in [1.165, 1.54) is 5.56 Å². The lowest BCUT2D eigenvalue weighted by atomic mass is 9.95. The molecule has 1 aromatic rings. The normalized spacial score (nSPS) is 32.5. The van der Waals surface area contributed by atoms with Crippen LogP contribution in [0.15, 0.2) is 42.1 Å². The van der Waals surface area contributed by atoms with Crippen LogP contribution in [0.25, 0.3) is 0 Å². The number of nitriles is 1. The van der Waals surface area contributed by atoms with Crippen molar-refractivity contribution in [2.24, 2.45) is 0 Å². The Hall–Kier alpha value is -1.79. The lowest BCUT2D eigenvalue weighted by Crippen LogP contribution is -2.47. The van der Waals surface area contributed by atoms with Crippen LogP contribution in [0.4, 0.5) is 0 Å². The molecule has 2 aliphatic heterocycles. The first-order valence-electron chi connectivity index (χ1n) is 7.34. The molecule has 3 atom stereocenters. The number of ether oxygens (including phenoxy) is 1. The molecule has 104 valence electrons. The van der Waals surface area contributed by atoms with E-state index in [9.17, 15) is 5.26 Å². The Balaban J connectivity index is 2.01. The molecule has 2 aliphatic rings. The van der Waals surface area contributed by atoms with Crippen molar-refractivity contribution in [3.8, 4) is 6.07 Å². The smallest absolute Gasteiger partial charge is 0.142 e. The summed E-state index contributed by atoms with van der Waals surface area (Å²) in [4.78, 5) is 2.20. The van der Waals surface area contributed by atoms with E-state index in [2.05, 4.69) is 36.9 Å². The highest BCUT2D eigenvalue weighted by atomic mass is 16.5. The van der Waals surface area contributed by atoms with Gasteiger partial charge in [0.05, 0.1) is 6.04 Å². The zero-order valence-electron chi connectivity index (χ0n) is 12.0. The summed E-state index contributed by atoms with van der Waals surface area (Å²) in [6.07, 6.45) is 4.86. The fourth-order valence-electron chi connectivity index (χ4n) is 3.57. The maximum absolute atomic E-state index is 9.41. The summed E-state index contributed by atoms with van der Waals surface area (Å²) >= 11 is 0. The van der Waals surface area contributed by atoms with Crippen molar-refractivity contribution in [1.29, 1.82) is 5.26 Å². The second-order valence-corrected chi connectivity index (χ2v) is 5.60. The van der Waals surface area contributed by atoms with Crippen LogP contribution in [0.1, 0.15) is 44.8 Å². The maximum atomic E-state index is 9.41. The van der Waals surface area contributed by atoms with Crippen molar-refractivity contribution in [2.75, 3.05) is 0 Å². The molecule has 3 rings (SSSR count). The van der Waals surface area contributed by atoms with E-state index in [0.717, 1.165) is 25.0 Å². The lowest BCUT2D eigenvalue weighted by Gasteiger charge is -2.41. The van der Waals surface area contributed by atoms with Crippen molar-refractivity contribution < 1.29 is 4.74 Å². The minimum atomic E-state index is -0.306. The first kappa shape index (κ1) is 13.2. The second-order valence-electron chi connectivity index (χ2n) is 5.60. The highest BCUT2D eigenvalue weighted by Crippen LogP contribution is 2.48. The van der Waals surface area contributed by atoms with E-state index in [1.54, 1.807) is 0 Å². The van der Waals surface area contributed by atoms with Crippen LogP contribution in [0.5, 0.6) is 0 Å². The summed E-state index contributed by atoms with van der Waals surface area (Å²) in [6, 6.07) is 12.9. The van der Waals surface area contributed by atoms with Gasteiger partial charge in [-0.1, -0.05) is 37.3 Å². The third-order valence-electron chi connectivity index (χ3n) is 4.56. The van der Waals surface area contributed by atoms with Crippen molar-refractivity contribution >= 4 is 0 Å². The summed E-state index contributed by atoms with van der Waals surface area (Å²) in [5.41, 5.74) is 1.66. The van der Waals surface area contributed by atoms with Gasteiger partial charge in [0, 0.05) is 0 Å². The van der Waals surface area contributed by atoms with Gasteiger partial charge >= 0.3 is 0 Å². The quantitative estimate of drug-likeness (QED) is 0.819. The third-order valence-corrected chi connectivity index (χ3v) is 4.56. The van der Waals surface area contributed by atoms with Gasteiger partial charge in [0.2, 0.25) is 0 Å². The topological polar surface area (TPSA) is 36.3 Å². The van der Waals surface area contributed by atoms with E-state index in [1.807, 2.05) is 24.3 Å². The van der Waals surface area contributed by atoms with Crippen molar-refractivity contribution in [3.63, 3.8) is 0 Å². The largest absolute Gasteiger partial charge is 0.346 e. The molecule has 1 saturated heterocycles. The first-order valence-corrected chi connectivity index (χ1v) is 7.34. The molecule has 0 bridgehead atoms. The predicted molar refractivity (Wildman–Crippen MR) is 77.5 cm³/mol. The molecule has 0 aromatic heterocycles. The molecule has 0 aliphatic carbocycles. The van der Waals surface area contributed by atoms with Gasteiger partial charge < -0.3 is 9.64 Å². The number of nitrogens with zero attached hydrogens (tertiary/aromatic N) is 2. The molecule has 1 fully saturated rings. The van der Waals surface area contributed by atoms with E-state index >= 15 is 0 Å². The number of hydrogen-bond donors (Lipinski definition) is 0. The molecular weight excluding hydrogens is 248 g/mol. The first-order chi connectivity index (χ1) is 9.72. The molecule has 3 heteroatoms. The van der Waals surface area contributed by atoms with Crippen molar-refractivity contribution in [1.82, 2.24) is 4.90 Å². The monoisotopic (exact) mass is 268 g/mol. The van der Waals surface area contributed by atoms with Gasteiger partial charge in [0.1, 0.15) is 23.6 Å². The molecule has 3 nitrogen and oxygen atoms in total. The van der Waals surface area contributed by atoms with Gasteiger partial charge in [0.25, 0.3) is 0 Å². The van der Waals surface area contributed by atoms with E-state index in [4.69, 9.17) is 4.74 Å². The zero-order valence-corrected chi connectivity index (χ0v) is 12.0. The number of fused-ring (bicyclic) bond motifs is 1. The van der Waals surface area contributed by atoms with E-state index in [-0.39, 0.29) is 17.9 Å². The molecule has 20 heavy (non-hydrogen) atoms. The average molecular weight is 268 g/mol. The Bertz CT molecular complexity index is 560. The molecule has 0 radical (unpaired) electrons. The minimum absolute atomic E-state index is 0.0333. The standard InChI is InChI=1S/C17H20N2O/c1-3-17-11-7-10-15(12-18)19(17)13(2)16(20-17)14-8-5-4-6-9-14/h4-6,8-10,13,16H,3,7,11H2,1-2H3/t13-,16-,17+/m0/s1. The van der Waals surface area contributed by atoms with Crippen LogP contribution in [-0.2, 0) is 4.74 Å². The number of allylic oxidation sites excluding steroid dienone is 2. The number of rotatable bonds is 2. The third kappa shape index (κ3) is 1.83. The number of hydrogen-bond acceptors (Lipinski definition) is 3. The van der Waals surface area contributed by atoms with Gasteiger partial charge in [-0.05, 0) is 37.8 Å². The maximum Gasteiger partial charge on any atom is 0.142 e. The molecule has 2 heterocycles. The van der Waals surface area contributed by atoms with Crippen LogP contribution < -0.4 is 0 Å². The van der Waals surface area contributed by atoms with Crippen molar-refractivity contribution in [2.45, 2.75) is 51.0 Å². The summed E-state index contributed by atoms with van der Waals surface area (Å²) in [7, 11) is 0. The molecule has 0 amide bonds. The van der Waals surface area contributed by atoms with Gasteiger partial charge in [-0.3, -0.25) is 0 Å². The zero-order chi connectivity index (χ0) is 14.2. The van der Waals surface area contributed by atoms with Crippen LogP contribution in [0.3, 0.4) is 0 Å². The Morgan fingerprint density at radius 3 is 2.80 bits per heavy atom. The highest BCUT2D eigenvalue weighted by Gasteiger charge is 2.52. The fourth-order valence-corrected chi connectivity index (χ4v) is 3.57. The molecule has 1 aromatic carbocycles. The Labute approximate surface area is 120 Å². The van der Waals surface area contributed by atoms with Gasteiger partial charge in [-0.25, -0.2) is 0 Å². The molecule has 0 saturated carbocycles. The Kier molecular flexibility index (Phi) is 3.27. The van der Waals surface area contributed by atoms with E-state index in [0.29, 0.717) is 0 Å². The van der Waals surface area contributed by atoms with Gasteiger partial charge in [-0.2, -0.15) is 5.26 Å². The summed E-state index contributed by atoms with van der Waals surface area (Å²) < 4.78 is 6.47. The SMILES string of the molecule is CC[C@@]12CCC=C(C#N)N1[C@@H](C)[C@@H](c1ccccc1)O2. The van der Waals surface area contributed by atoms with Crippen molar-refractivity contribution in [3.05, 3.63) is 47.7 Å². The van der Waals surface area contributed by atoms with Crippen LogP contribution in [-0.4, -0.2) is 16.7 Å². The molecule has 0 unspecified atom stereocenters. The second kappa shape index (κ2) is 4.96. The molecular formula is C17H20N2O. The highest BCUT2D eigenvalue weighted by molar-refractivity contribution is 5.29. The van der Waals surface area contributed by atoms with Gasteiger partial charge in [0.15, 0.2) is 0 Å². The molecule has 0 N–H and O–H groups in total. The van der Waals surface area contributed by atoms with Gasteiger partial charge in [-0.15, -0.1) is 0 Å².